The summed E-state index contributed by atoms with van der Waals surface area (Å²) < 4.78 is 17.7. The van der Waals surface area contributed by atoms with E-state index in [1.807, 2.05) is 6.92 Å². The fourth-order valence-electron chi connectivity index (χ4n) is 4.11. The average Bonchev–Trinajstić information content (AvgIpc) is 3.37. The lowest BCUT2D eigenvalue weighted by atomic mass is 9.88. The number of esters is 1. The van der Waals surface area contributed by atoms with E-state index in [0.29, 0.717) is 12.5 Å². The van der Waals surface area contributed by atoms with Gasteiger partial charge in [-0.2, -0.15) is 0 Å². The second-order valence-electron chi connectivity index (χ2n) is 8.63. The number of epoxide rings is 2. The van der Waals surface area contributed by atoms with Gasteiger partial charge in [0.1, 0.15) is 6.10 Å². The summed E-state index contributed by atoms with van der Waals surface area (Å²) in [6, 6.07) is 0. The summed E-state index contributed by atoms with van der Waals surface area (Å²) in [5.74, 6) is -0.272. The van der Waals surface area contributed by atoms with E-state index in [0.717, 1.165) is 36.8 Å². The number of rotatable bonds is 2. The summed E-state index contributed by atoms with van der Waals surface area (Å²) in [6.07, 6.45) is 9.13. The summed E-state index contributed by atoms with van der Waals surface area (Å²) in [6.45, 7) is 14.0. The number of hydrogen-bond donors (Lipinski definition) is 0. The minimum Gasteiger partial charge on any atom is -0.458 e. The molecule has 0 aromatic rings. The molecule has 0 aromatic heterocycles. The van der Waals surface area contributed by atoms with E-state index in [2.05, 4.69) is 39.5 Å². The Morgan fingerprint density at radius 3 is 2.46 bits per heavy atom. The second-order valence-corrected chi connectivity index (χ2v) is 8.63. The zero-order valence-electron chi connectivity index (χ0n) is 16.8. The SMILES string of the molecule is C=C(C)C1=CC=C(C)CCC2OC2(C)CCC2OC2(C)CC1OC(C)=O. The van der Waals surface area contributed by atoms with Crippen molar-refractivity contribution in [2.45, 2.75) is 96.2 Å². The monoisotopic (exact) mass is 360 g/mol. The summed E-state index contributed by atoms with van der Waals surface area (Å²) >= 11 is 0. The number of carbonyl (C=O) groups excluding carboxylic acids is 1. The van der Waals surface area contributed by atoms with E-state index in [1.54, 1.807) is 0 Å². The molecule has 3 aliphatic rings. The maximum absolute atomic E-state index is 11.7. The molecule has 4 nitrogen and oxygen atoms in total. The molecule has 0 amide bonds. The van der Waals surface area contributed by atoms with E-state index in [9.17, 15) is 4.79 Å². The molecule has 5 unspecified atom stereocenters. The molecular formula is C22H32O4. The van der Waals surface area contributed by atoms with Gasteiger partial charge in [0.2, 0.25) is 0 Å². The Morgan fingerprint density at radius 1 is 1.15 bits per heavy atom. The van der Waals surface area contributed by atoms with Gasteiger partial charge in [-0.3, -0.25) is 4.79 Å². The Hall–Kier alpha value is -1.39. The standard InChI is InChI=1S/C22H32O4/c1-14(2)17-9-7-15(3)8-10-19-21(5,25-19)12-11-20-22(6,26-20)13-18(17)24-16(4)23/h7,9,18-20H,1,8,10-13H2,2-6H3. The fourth-order valence-corrected chi connectivity index (χ4v) is 4.11. The maximum Gasteiger partial charge on any atom is 0.303 e. The van der Waals surface area contributed by atoms with Crippen molar-refractivity contribution in [2.75, 3.05) is 0 Å². The van der Waals surface area contributed by atoms with Crippen LogP contribution in [0.3, 0.4) is 0 Å². The van der Waals surface area contributed by atoms with Gasteiger partial charge in [0, 0.05) is 13.3 Å². The van der Waals surface area contributed by atoms with Crippen LogP contribution in [0.4, 0.5) is 0 Å². The third-order valence-corrected chi connectivity index (χ3v) is 6.06. The molecule has 2 aliphatic heterocycles. The number of carbonyl (C=O) groups is 1. The Labute approximate surface area is 157 Å². The molecule has 0 bridgehead atoms. The lowest BCUT2D eigenvalue weighted by Gasteiger charge is -2.23. The lowest BCUT2D eigenvalue weighted by molar-refractivity contribution is -0.145. The van der Waals surface area contributed by atoms with E-state index in [-0.39, 0.29) is 29.4 Å². The highest BCUT2D eigenvalue weighted by molar-refractivity contribution is 5.66. The van der Waals surface area contributed by atoms with Crippen LogP contribution in [0, 0.1) is 0 Å². The fraction of sp³-hybridized carbons (Fsp3) is 0.682. The second kappa shape index (κ2) is 6.97. The molecule has 0 spiro atoms. The minimum atomic E-state index is -0.326. The molecule has 2 heterocycles. The maximum atomic E-state index is 11.7. The van der Waals surface area contributed by atoms with Gasteiger partial charge in [-0.15, -0.1) is 0 Å². The highest BCUT2D eigenvalue weighted by Gasteiger charge is 2.57. The molecule has 3 rings (SSSR count). The molecule has 1 aliphatic carbocycles. The number of hydrogen-bond acceptors (Lipinski definition) is 4. The van der Waals surface area contributed by atoms with Gasteiger partial charge in [-0.1, -0.05) is 29.9 Å². The van der Waals surface area contributed by atoms with Crippen molar-refractivity contribution in [2.24, 2.45) is 0 Å². The quantitative estimate of drug-likeness (QED) is 0.531. The first-order chi connectivity index (χ1) is 12.1. The lowest BCUT2D eigenvalue weighted by Crippen LogP contribution is -2.27. The smallest absolute Gasteiger partial charge is 0.303 e. The predicted octanol–water partition coefficient (Wildman–Crippen LogP) is 4.65. The predicted molar refractivity (Wildman–Crippen MR) is 102 cm³/mol. The van der Waals surface area contributed by atoms with E-state index >= 15 is 0 Å². The van der Waals surface area contributed by atoms with Crippen LogP contribution in [-0.2, 0) is 19.0 Å². The van der Waals surface area contributed by atoms with Gasteiger partial charge < -0.3 is 14.2 Å². The van der Waals surface area contributed by atoms with Gasteiger partial charge >= 0.3 is 5.97 Å². The van der Waals surface area contributed by atoms with Gasteiger partial charge in [0.15, 0.2) is 0 Å². The van der Waals surface area contributed by atoms with Crippen molar-refractivity contribution in [3.8, 4) is 0 Å². The molecule has 4 heteroatoms. The van der Waals surface area contributed by atoms with Gasteiger partial charge in [-0.25, -0.2) is 0 Å². The summed E-state index contributed by atoms with van der Waals surface area (Å²) in [5.41, 5.74) is 2.95. The molecule has 5 atom stereocenters. The highest BCUT2D eigenvalue weighted by Crippen LogP contribution is 2.49. The molecule has 2 saturated heterocycles. The first kappa shape index (κ1) is 19.4. The molecule has 0 aromatic carbocycles. The van der Waals surface area contributed by atoms with Gasteiger partial charge in [-0.05, 0) is 59.0 Å². The largest absolute Gasteiger partial charge is 0.458 e. The molecule has 144 valence electrons. The van der Waals surface area contributed by atoms with Crippen LogP contribution in [0.5, 0.6) is 0 Å². The third-order valence-electron chi connectivity index (χ3n) is 6.06. The van der Waals surface area contributed by atoms with Crippen LogP contribution in [0.2, 0.25) is 0 Å². The van der Waals surface area contributed by atoms with Gasteiger partial charge in [0.05, 0.1) is 23.4 Å². The summed E-state index contributed by atoms with van der Waals surface area (Å²) in [5, 5.41) is 0. The Balaban J connectivity index is 1.87. The van der Waals surface area contributed by atoms with Crippen molar-refractivity contribution in [1.82, 2.24) is 0 Å². The Morgan fingerprint density at radius 2 is 1.81 bits per heavy atom. The third kappa shape index (κ3) is 4.29. The molecule has 0 radical (unpaired) electrons. The molecule has 2 fully saturated rings. The van der Waals surface area contributed by atoms with Gasteiger partial charge in [0.25, 0.3) is 0 Å². The average molecular weight is 360 g/mol. The zero-order valence-corrected chi connectivity index (χ0v) is 16.8. The van der Waals surface area contributed by atoms with Crippen LogP contribution >= 0.6 is 0 Å². The van der Waals surface area contributed by atoms with Crippen LogP contribution in [-0.4, -0.2) is 35.5 Å². The van der Waals surface area contributed by atoms with Crippen LogP contribution in [0.1, 0.15) is 66.7 Å². The Bertz CT molecular complexity index is 661. The van der Waals surface area contributed by atoms with Crippen molar-refractivity contribution in [1.29, 1.82) is 0 Å². The number of fused-ring (bicyclic) bond motifs is 2. The molecule has 0 N–H and O–H groups in total. The van der Waals surface area contributed by atoms with Crippen molar-refractivity contribution < 1.29 is 19.0 Å². The van der Waals surface area contributed by atoms with E-state index in [1.165, 1.54) is 12.5 Å². The van der Waals surface area contributed by atoms with Crippen LogP contribution in [0.15, 0.2) is 35.5 Å². The number of ether oxygens (including phenoxy) is 3. The first-order valence-corrected chi connectivity index (χ1v) is 9.69. The van der Waals surface area contributed by atoms with Crippen molar-refractivity contribution in [3.05, 3.63) is 35.5 Å². The minimum absolute atomic E-state index is 0.00521. The van der Waals surface area contributed by atoms with E-state index in [4.69, 9.17) is 14.2 Å². The summed E-state index contributed by atoms with van der Waals surface area (Å²) in [4.78, 5) is 11.7. The van der Waals surface area contributed by atoms with E-state index < -0.39 is 0 Å². The topological polar surface area (TPSA) is 51.4 Å². The first-order valence-electron chi connectivity index (χ1n) is 9.69. The number of allylic oxidation sites excluding steroid dienone is 3. The molecular weight excluding hydrogens is 328 g/mol. The normalized spacial score (nSPS) is 40.1. The van der Waals surface area contributed by atoms with Crippen LogP contribution in [0.25, 0.3) is 0 Å². The zero-order chi connectivity index (χ0) is 19.1. The molecule has 26 heavy (non-hydrogen) atoms. The molecule has 0 saturated carbocycles. The van der Waals surface area contributed by atoms with Crippen molar-refractivity contribution >= 4 is 5.97 Å². The van der Waals surface area contributed by atoms with Crippen molar-refractivity contribution in [3.63, 3.8) is 0 Å². The highest BCUT2D eigenvalue weighted by atomic mass is 16.6. The van der Waals surface area contributed by atoms with Crippen LogP contribution < -0.4 is 0 Å². The summed E-state index contributed by atoms with van der Waals surface area (Å²) in [7, 11) is 0. The Kier molecular flexibility index (Phi) is 5.19.